The molecule has 3 aromatic rings. The number of hydrogen-bond donors (Lipinski definition) is 1. The monoisotopic (exact) mass is 230 g/mol. The Morgan fingerprint density at radius 3 is 2.88 bits per heavy atom. The molecule has 0 saturated carbocycles. The summed E-state index contributed by atoms with van der Waals surface area (Å²) >= 11 is 0. The van der Waals surface area contributed by atoms with E-state index in [1.54, 1.807) is 19.4 Å². The maximum absolute atomic E-state index is 5.54. The first-order valence-electron chi connectivity index (χ1n) is 5.06. The van der Waals surface area contributed by atoms with E-state index in [1.807, 2.05) is 18.2 Å². The number of nitrogens with zero attached hydrogens (tertiary/aromatic N) is 1. The summed E-state index contributed by atoms with van der Waals surface area (Å²) in [6.45, 7) is 0. The highest BCUT2D eigenvalue weighted by molar-refractivity contribution is 5.96. The third-order valence-electron chi connectivity index (χ3n) is 2.59. The van der Waals surface area contributed by atoms with Crippen molar-refractivity contribution in [1.29, 1.82) is 0 Å². The van der Waals surface area contributed by atoms with Gasteiger partial charge in [0, 0.05) is 17.0 Å². The number of benzene rings is 1. The van der Waals surface area contributed by atoms with Gasteiger partial charge in [0.05, 0.1) is 13.4 Å². The third-order valence-corrected chi connectivity index (χ3v) is 2.59. The van der Waals surface area contributed by atoms with Gasteiger partial charge in [-0.1, -0.05) is 5.16 Å². The van der Waals surface area contributed by atoms with Crippen molar-refractivity contribution >= 4 is 16.8 Å². The summed E-state index contributed by atoms with van der Waals surface area (Å²) in [6.07, 6.45) is 1.61. The number of ether oxygens (including phenoxy) is 1. The Kier molecular flexibility index (Phi) is 2.04. The molecule has 0 aliphatic heterocycles. The van der Waals surface area contributed by atoms with Crippen molar-refractivity contribution in [2.45, 2.75) is 0 Å². The molecule has 5 nitrogen and oxygen atoms in total. The van der Waals surface area contributed by atoms with Crippen molar-refractivity contribution in [2.75, 3.05) is 12.8 Å². The molecular weight excluding hydrogens is 220 g/mol. The third kappa shape index (κ3) is 1.44. The molecule has 0 aliphatic rings. The summed E-state index contributed by atoms with van der Waals surface area (Å²) in [5.41, 5.74) is 7.09. The van der Waals surface area contributed by atoms with Gasteiger partial charge in [0.2, 0.25) is 0 Å². The Hall–Kier alpha value is -2.43. The van der Waals surface area contributed by atoms with Crippen molar-refractivity contribution in [3.8, 4) is 17.1 Å². The van der Waals surface area contributed by atoms with Gasteiger partial charge in [-0.3, -0.25) is 0 Å². The normalized spacial score (nSPS) is 10.9. The smallest absolute Gasteiger partial charge is 0.176 e. The molecular formula is C12H10N2O3. The first-order chi connectivity index (χ1) is 8.29. The van der Waals surface area contributed by atoms with Crippen molar-refractivity contribution in [1.82, 2.24) is 5.16 Å². The Labute approximate surface area is 96.7 Å². The fourth-order valence-electron chi connectivity index (χ4n) is 1.83. The van der Waals surface area contributed by atoms with Crippen LogP contribution >= 0.6 is 0 Å². The molecule has 2 heterocycles. The topological polar surface area (TPSA) is 74.4 Å². The Morgan fingerprint density at radius 2 is 2.18 bits per heavy atom. The van der Waals surface area contributed by atoms with E-state index in [0.29, 0.717) is 22.9 Å². The minimum absolute atomic E-state index is 0.354. The minimum atomic E-state index is 0.354. The van der Waals surface area contributed by atoms with Crippen LogP contribution in [0.2, 0.25) is 0 Å². The van der Waals surface area contributed by atoms with E-state index >= 15 is 0 Å². The highest BCUT2D eigenvalue weighted by atomic mass is 16.5. The zero-order chi connectivity index (χ0) is 11.8. The molecule has 0 fully saturated rings. The number of anilines is 1. The van der Waals surface area contributed by atoms with E-state index in [1.165, 1.54) is 0 Å². The van der Waals surface area contributed by atoms with Crippen LogP contribution in [0.15, 0.2) is 39.5 Å². The second-order valence-electron chi connectivity index (χ2n) is 3.59. The zero-order valence-corrected chi connectivity index (χ0v) is 9.14. The molecule has 0 atom stereocenters. The predicted molar refractivity (Wildman–Crippen MR) is 62.7 cm³/mol. The number of nitrogens with two attached hydrogens (primary N) is 1. The first-order valence-corrected chi connectivity index (χ1v) is 5.06. The zero-order valence-electron chi connectivity index (χ0n) is 9.14. The second-order valence-corrected chi connectivity index (χ2v) is 3.59. The summed E-state index contributed by atoms with van der Waals surface area (Å²) in [7, 11) is 1.60. The van der Waals surface area contributed by atoms with Gasteiger partial charge in [-0.15, -0.1) is 0 Å². The number of aromatic nitrogens is 1. The first kappa shape index (κ1) is 9.77. The van der Waals surface area contributed by atoms with Crippen LogP contribution in [-0.2, 0) is 0 Å². The van der Waals surface area contributed by atoms with Crippen molar-refractivity contribution < 1.29 is 13.7 Å². The molecule has 0 saturated heterocycles. The maximum Gasteiger partial charge on any atom is 0.176 e. The van der Waals surface area contributed by atoms with E-state index in [-0.39, 0.29) is 0 Å². The van der Waals surface area contributed by atoms with Crippen LogP contribution in [0.3, 0.4) is 0 Å². The number of hydrogen-bond acceptors (Lipinski definition) is 5. The largest absolute Gasteiger partial charge is 0.493 e. The number of methoxy groups -OCH3 is 1. The highest BCUT2D eigenvalue weighted by Crippen LogP contribution is 2.35. The van der Waals surface area contributed by atoms with Crippen LogP contribution in [0.5, 0.6) is 5.75 Å². The summed E-state index contributed by atoms with van der Waals surface area (Å²) in [5, 5.41) is 4.57. The number of nitrogen functional groups attached to an aromatic ring is 1. The number of furan rings is 1. The molecule has 5 heteroatoms. The van der Waals surface area contributed by atoms with Crippen molar-refractivity contribution in [2.24, 2.45) is 0 Å². The average molecular weight is 230 g/mol. The molecule has 0 unspecified atom stereocenters. The van der Waals surface area contributed by atoms with Crippen molar-refractivity contribution in [3.05, 3.63) is 30.5 Å². The molecule has 0 radical (unpaired) electrons. The molecule has 1 aromatic carbocycles. The number of fused-ring (bicyclic) bond motifs is 1. The standard InChI is InChI=1S/C12H10N2O3/c1-15-9-3-2-7(8-4-5-16-12(8)9)10-6-11(13)14-17-10/h2-6H,1H3,(H2,13,14). The van der Waals surface area contributed by atoms with Crippen LogP contribution < -0.4 is 10.5 Å². The van der Waals surface area contributed by atoms with Gasteiger partial charge in [-0.25, -0.2) is 0 Å². The molecule has 0 aliphatic carbocycles. The minimum Gasteiger partial charge on any atom is -0.493 e. The molecule has 0 spiro atoms. The molecule has 3 rings (SSSR count). The van der Waals surface area contributed by atoms with Gasteiger partial charge < -0.3 is 19.4 Å². The lowest BCUT2D eigenvalue weighted by molar-refractivity contribution is 0.410. The van der Waals surface area contributed by atoms with Gasteiger partial charge in [0.1, 0.15) is 0 Å². The highest BCUT2D eigenvalue weighted by Gasteiger charge is 2.13. The molecule has 2 aromatic heterocycles. The molecule has 17 heavy (non-hydrogen) atoms. The molecule has 0 amide bonds. The van der Waals surface area contributed by atoms with E-state index in [4.69, 9.17) is 19.4 Å². The van der Waals surface area contributed by atoms with Gasteiger partial charge in [0.15, 0.2) is 22.9 Å². The molecule has 86 valence electrons. The summed E-state index contributed by atoms with van der Waals surface area (Å²) in [4.78, 5) is 0. The van der Waals surface area contributed by atoms with E-state index in [0.717, 1.165) is 10.9 Å². The van der Waals surface area contributed by atoms with Crippen molar-refractivity contribution in [3.63, 3.8) is 0 Å². The summed E-state index contributed by atoms with van der Waals surface area (Å²) in [5.74, 6) is 1.64. The predicted octanol–water partition coefficient (Wildman–Crippen LogP) is 2.68. The van der Waals surface area contributed by atoms with Crippen LogP contribution in [0.4, 0.5) is 5.82 Å². The maximum atomic E-state index is 5.54. The lowest BCUT2D eigenvalue weighted by Crippen LogP contribution is -1.84. The van der Waals surface area contributed by atoms with Crippen LogP contribution in [0.1, 0.15) is 0 Å². The molecule has 2 N–H and O–H groups in total. The fourth-order valence-corrected chi connectivity index (χ4v) is 1.83. The summed E-state index contributed by atoms with van der Waals surface area (Å²) in [6, 6.07) is 7.23. The second kappa shape index (κ2) is 3.55. The average Bonchev–Trinajstić information content (AvgIpc) is 2.96. The van der Waals surface area contributed by atoms with Crippen LogP contribution in [0, 0.1) is 0 Å². The summed E-state index contributed by atoms with van der Waals surface area (Å²) < 4.78 is 15.8. The quantitative estimate of drug-likeness (QED) is 0.732. The van der Waals surface area contributed by atoms with E-state index in [9.17, 15) is 0 Å². The van der Waals surface area contributed by atoms with Gasteiger partial charge in [-0.05, 0) is 18.2 Å². The van der Waals surface area contributed by atoms with Gasteiger partial charge in [0.25, 0.3) is 0 Å². The Bertz CT molecular complexity index is 669. The van der Waals surface area contributed by atoms with Gasteiger partial charge in [-0.2, -0.15) is 0 Å². The Morgan fingerprint density at radius 1 is 1.29 bits per heavy atom. The van der Waals surface area contributed by atoms with Crippen LogP contribution in [-0.4, -0.2) is 12.3 Å². The van der Waals surface area contributed by atoms with E-state index < -0.39 is 0 Å². The molecule has 0 bridgehead atoms. The lowest BCUT2D eigenvalue weighted by Gasteiger charge is -2.03. The lowest BCUT2D eigenvalue weighted by atomic mass is 10.1. The van der Waals surface area contributed by atoms with Crippen LogP contribution in [0.25, 0.3) is 22.3 Å². The Balaban J connectivity index is 2.27. The van der Waals surface area contributed by atoms with E-state index in [2.05, 4.69) is 5.16 Å². The van der Waals surface area contributed by atoms with Gasteiger partial charge >= 0.3 is 0 Å². The SMILES string of the molecule is COc1ccc(-c2cc(N)no2)c2ccoc12. The number of rotatable bonds is 2. The fraction of sp³-hybridized carbons (Fsp3) is 0.0833.